The molecule has 1 aromatic carbocycles. The number of alkyl halides is 1. The number of fused-ring (bicyclic) bond motifs is 5. The standard InChI is InChI=1S/C20H21ClFN3O5S/c1-2-31(27,28)24-19-15(22)10-25-16(19)9-12-4-3-5-13(8-12)30-20-14(21)6-7-17(23-20)29-11-18(25)26/h3-8,15-16,19,24H,2,9-11H2,1H3/t15-,16-,19-/m0/s1. The number of amides is 1. The van der Waals surface area contributed by atoms with E-state index in [0.29, 0.717) is 5.75 Å². The maximum absolute atomic E-state index is 14.9. The number of nitrogens with zero attached hydrogens (tertiary/aromatic N) is 2. The first-order valence-corrected chi connectivity index (χ1v) is 11.8. The fourth-order valence-electron chi connectivity index (χ4n) is 3.70. The first-order chi connectivity index (χ1) is 14.8. The predicted molar refractivity (Wildman–Crippen MR) is 112 cm³/mol. The molecule has 1 amide bonds. The minimum atomic E-state index is -3.68. The normalized spacial score (nSPS) is 23.6. The molecule has 166 valence electrons. The number of halogens is 2. The molecule has 1 aromatic heterocycles. The van der Waals surface area contributed by atoms with Crippen LogP contribution in [0.2, 0.25) is 5.02 Å². The Hall–Kier alpha value is -2.43. The van der Waals surface area contributed by atoms with Crippen LogP contribution in [-0.2, 0) is 21.2 Å². The van der Waals surface area contributed by atoms with E-state index in [1.54, 1.807) is 30.3 Å². The van der Waals surface area contributed by atoms with E-state index >= 15 is 0 Å². The van der Waals surface area contributed by atoms with Crippen LogP contribution >= 0.6 is 11.6 Å². The van der Waals surface area contributed by atoms with E-state index in [4.69, 9.17) is 21.1 Å². The number of rotatable bonds is 3. The quantitative estimate of drug-likeness (QED) is 0.740. The van der Waals surface area contributed by atoms with Crippen LogP contribution in [0.25, 0.3) is 0 Å². The number of aromatic nitrogens is 1. The molecule has 0 saturated carbocycles. The maximum atomic E-state index is 14.9. The maximum Gasteiger partial charge on any atom is 0.260 e. The first-order valence-electron chi connectivity index (χ1n) is 9.75. The van der Waals surface area contributed by atoms with Crippen molar-refractivity contribution in [3.8, 4) is 17.5 Å². The van der Waals surface area contributed by atoms with Crippen molar-refractivity contribution in [3.05, 3.63) is 47.0 Å². The van der Waals surface area contributed by atoms with Gasteiger partial charge in [-0.3, -0.25) is 4.79 Å². The van der Waals surface area contributed by atoms with Crippen LogP contribution in [0, 0.1) is 0 Å². The van der Waals surface area contributed by atoms with Crippen LogP contribution in [0.15, 0.2) is 36.4 Å². The Labute approximate surface area is 184 Å². The Morgan fingerprint density at radius 3 is 2.90 bits per heavy atom. The fourth-order valence-corrected chi connectivity index (χ4v) is 4.73. The summed E-state index contributed by atoms with van der Waals surface area (Å²) in [6.07, 6.45) is -1.33. The van der Waals surface area contributed by atoms with Gasteiger partial charge < -0.3 is 14.4 Å². The highest BCUT2D eigenvalue weighted by molar-refractivity contribution is 7.89. The number of pyridine rings is 1. The molecule has 8 nitrogen and oxygen atoms in total. The number of sulfonamides is 1. The molecule has 31 heavy (non-hydrogen) atoms. The molecular formula is C20H21ClFN3O5S. The average molecular weight is 470 g/mol. The summed E-state index contributed by atoms with van der Waals surface area (Å²) in [5.74, 6) is 0.0349. The van der Waals surface area contributed by atoms with Crippen molar-refractivity contribution in [2.75, 3.05) is 18.9 Å². The van der Waals surface area contributed by atoms with Crippen LogP contribution in [0.3, 0.4) is 0 Å². The average Bonchev–Trinajstić information content (AvgIpc) is 3.03. The molecule has 1 saturated heterocycles. The molecule has 2 aliphatic rings. The second kappa shape index (κ2) is 8.60. The van der Waals surface area contributed by atoms with Gasteiger partial charge in [0.05, 0.1) is 24.4 Å². The van der Waals surface area contributed by atoms with E-state index in [-0.39, 0.29) is 42.1 Å². The second-order valence-corrected chi connectivity index (χ2v) is 9.80. The molecule has 2 aliphatic heterocycles. The summed E-state index contributed by atoms with van der Waals surface area (Å²) in [6.45, 7) is 0.847. The summed E-state index contributed by atoms with van der Waals surface area (Å²) in [6, 6.07) is 8.21. The molecule has 2 aromatic rings. The van der Waals surface area contributed by atoms with E-state index in [0.717, 1.165) is 5.56 Å². The van der Waals surface area contributed by atoms with Crippen molar-refractivity contribution in [2.24, 2.45) is 0 Å². The fraction of sp³-hybridized carbons (Fsp3) is 0.400. The predicted octanol–water partition coefficient (Wildman–Crippen LogP) is 2.32. The molecule has 1 N–H and O–H groups in total. The van der Waals surface area contributed by atoms with E-state index < -0.39 is 34.2 Å². The van der Waals surface area contributed by atoms with E-state index in [1.165, 1.54) is 17.9 Å². The van der Waals surface area contributed by atoms with E-state index in [9.17, 15) is 17.6 Å². The van der Waals surface area contributed by atoms with Gasteiger partial charge in [-0.05, 0) is 37.1 Å². The van der Waals surface area contributed by atoms with Crippen LogP contribution in [-0.4, -0.2) is 61.4 Å². The molecule has 0 unspecified atom stereocenters. The number of ether oxygens (including phenoxy) is 2. The minimum Gasteiger partial charge on any atom is -0.467 e. The van der Waals surface area contributed by atoms with Crippen LogP contribution in [0.4, 0.5) is 4.39 Å². The smallest absolute Gasteiger partial charge is 0.260 e. The largest absolute Gasteiger partial charge is 0.467 e. The minimum absolute atomic E-state index is 0.124. The van der Waals surface area contributed by atoms with Crippen molar-refractivity contribution in [1.82, 2.24) is 14.6 Å². The summed E-state index contributed by atoms with van der Waals surface area (Å²) < 4.78 is 52.9. The monoisotopic (exact) mass is 469 g/mol. The Kier molecular flexibility index (Phi) is 6.05. The lowest BCUT2D eigenvalue weighted by Gasteiger charge is -2.28. The van der Waals surface area contributed by atoms with Crippen LogP contribution in [0.1, 0.15) is 12.5 Å². The van der Waals surface area contributed by atoms with Crippen LogP contribution in [0.5, 0.6) is 17.5 Å². The topological polar surface area (TPSA) is 97.8 Å². The van der Waals surface area contributed by atoms with Gasteiger partial charge >= 0.3 is 0 Å². The van der Waals surface area contributed by atoms with Crippen molar-refractivity contribution in [2.45, 2.75) is 31.6 Å². The third-order valence-corrected chi connectivity index (χ3v) is 6.96. The Morgan fingerprint density at radius 1 is 1.32 bits per heavy atom. The van der Waals surface area contributed by atoms with Gasteiger partial charge in [0.2, 0.25) is 21.8 Å². The molecule has 0 radical (unpaired) electrons. The molecule has 0 spiro atoms. The molecule has 4 bridgehead atoms. The third-order valence-electron chi connectivity index (χ3n) is 5.28. The van der Waals surface area contributed by atoms with Crippen molar-refractivity contribution in [3.63, 3.8) is 0 Å². The van der Waals surface area contributed by atoms with Crippen molar-refractivity contribution >= 4 is 27.5 Å². The lowest BCUT2D eigenvalue weighted by Crippen LogP contribution is -2.50. The molecule has 3 heterocycles. The molecule has 3 atom stereocenters. The number of hydrogen-bond acceptors (Lipinski definition) is 6. The van der Waals surface area contributed by atoms with Gasteiger partial charge in [0.1, 0.15) is 16.9 Å². The molecule has 4 rings (SSSR count). The number of nitrogens with one attached hydrogen (secondary N) is 1. The highest BCUT2D eigenvalue weighted by Crippen LogP contribution is 2.32. The highest BCUT2D eigenvalue weighted by Gasteiger charge is 2.46. The van der Waals surface area contributed by atoms with Gasteiger partial charge in [0.25, 0.3) is 5.91 Å². The molecule has 0 aliphatic carbocycles. The van der Waals surface area contributed by atoms with Gasteiger partial charge in [-0.25, -0.2) is 17.5 Å². The lowest BCUT2D eigenvalue weighted by molar-refractivity contribution is -0.134. The van der Waals surface area contributed by atoms with Gasteiger partial charge in [0.15, 0.2) is 6.61 Å². The number of benzene rings is 1. The van der Waals surface area contributed by atoms with Crippen molar-refractivity contribution < 1.29 is 27.1 Å². The van der Waals surface area contributed by atoms with E-state index in [1.807, 2.05) is 0 Å². The molecule has 11 heteroatoms. The lowest BCUT2D eigenvalue weighted by atomic mass is 10.00. The Morgan fingerprint density at radius 2 is 2.13 bits per heavy atom. The number of carbonyl (C=O) groups excluding carboxylic acids is 1. The highest BCUT2D eigenvalue weighted by atomic mass is 35.5. The first kappa shape index (κ1) is 21.8. The molecular weight excluding hydrogens is 449 g/mol. The number of carbonyl (C=O) groups is 1. The summed E-state index contributed by atoms with van der Waals surface area (Å²) in [5.41, 5.74) is 0.738. The van der Waals surface area contributed by atoms with Gasteiger partial charge in [-0.2, -0.15) is 4.98 Å². The van der Waals surface area contributed by atoms with Gasteiger partial charge in [0, 0.05) is 6.07 Å². The number of hydrogen-bond donors (Lipinski definition) is 1. The Balaban J connectivity index is 1.73. The Bertz CT molecular complexity index is 1100. The summed E-state index contributed by atoms with van der Waals surface area (Å²) in [4.78, 5) is 18.4. The van der Waals surface area contributed by atoms with Crippen molar-refractivity contribution in [1.29, 1.82) is 0 Å². The molecule has 1 fully saturated rings. The van der Waals surface area contributed by atoms with E-state index in [2.05, 4.69) is 9.71 Å². The SMILES string of the molecule is CCS(=O)(=O)N[C@H]1[C@@H](F)CN2C(=O)COc3ccc(Cl)c(n3)Oc3cccc(c3)C[C@@H]12. The van der Waals surface area contributed by atoms with Gasteiger partial charge in [-0.15, -0.1) is 0 Å². The zero-order valence-corrected chi connectivity index (χ0v) is 18.2. The van der Waals surface area contributed by atoms with Gasteiger partial charge in [-0.1, -0.05) is 23.7 Å². The van der Waals surface area contributed by atoms with Crippen LogP contribution < -0.4 is 14.2 Å². The second-order valence-electron chi connectivity index (χ2n) is 7.36. The summed E-state index contributed by atoms with van der Waals surface area (Å²) in [5, 5.41) is 0.272. The third kappa shape index (κ3) is 4.76. The zero-order valence-electron chi connectivity index (χ0n) is 16.6. The summed E-state index contributed by atoms with van der Waals surface area (Å²) in [7, 11) is -3.68. The zero-order chi connectivity index (χ0) is 22.2. The summed E-state index contributed by atoms with van der Waals surface area (Å²) >= 11 is 6.16.